The van der Waals surface area contributed by atoms with Crippen LogP contribution in [0.4, 0.5) is 5.69 Å². The predicted molar refractivity (Wildman–Crippen MR) is 57.3 cm³/mol. The van der Waals surface area contributed by atoms with Crippen LogP contribution in [0.5, 0.6) is 6.08 Å². The summed E-state index contributed by atoms with van der Waals surface area (Å²) in [6, 6.07) is 3.60. The summed E-state index contributed by atoms with van der Waals surface area (Å²) in [7, 11) is 0. The lowest BCUT2D eigenvalue weighted by Gasteiger charge is -1.94. The maximum Gasteiger partial charge on any atom is 0.394 e. The molecule has 4 nitrogen and oxygen atoms in total. The molecule has 74 valence electrons. The average molecular weight is 257 g/mol. The van der Waals surface area contributed by atoms with Gasteiger partial charge in [0.05, 0.1) is 12.3 Å². The highest BCUT2D eigenvalue weighted by Crippen LogP contribution is 2.29. The Balaban J connectivity index is 2.58. The third kappa shape index (κ3) is 1.55. The number of nitrogens with two attached hydrogens (primary N) is 1. The van der Waals surface area contributed by atoms with Gasteiger partial charge < -0.3 is 14.9 Å². The standard InChI is InChI=1S/C9H9BrN2O2/c1-2-13-9-12-7-4-5(10)3-6(11)8(7)14-9/h3-4H,2,11H2,1H3. The van der Waals surface area contributed by atoms with Gasteiger partial charge in [-0.1, -0.05) is 15.9 Å². The van der Waals surface area contributed by atoms with Crippen molar-refractivity contribution in [3.05, 3.63) is 16.6 Å². The number of anilines is 1. The highest BCUT2D eigenvalue weighted by molar-refractivity contribution is 9.10. The van der Waals surface area contributed by atoms with Crippen molar-refractivity contribution in [2.24, 2.45) is 0 Å². The zero-order chi connectivity index (χ0) is 10.1. The fourth-order valence-corrected chi connectivity index (χ4v) is 1.65. The summed E-state index contributed by atoms with van der Waals surface area (Å²) in [5, 5.41) is 0. The number of ether oxygens (including phenoxy) is 1. The van der Waals surface area contributed by atoms with Crippen molar-refractivity contribution in [1.82, 2.24) is 4.98 Å². The molecule has 0 radical (unpaired) electrons. The monoisotopic (exact) mass is 256 g/mol. The third-order valence-electron chi connectivity index (χ3n) is 1.73. The molecule has 0 aliphatic carbocycles. The Labute approximate surface area is 89.2 Å². The van der Waals surface area contributed by atoms with Crippen LogP contribution in [0.25, 0.3) is 11.1 Å². The van der Waals surface area contributed by atoms with Gasteiger partial charge in [0.25, 0.3) is 0 Å². The first-order valence-corrected chi connectivity index (χ1v) is 4.98. The molecule has 1 heterocycles. The first-order valence-electron chi connectivity index (χ1n) is 4.19. The molecular weight excluding hydrogens is 248 g/mol. The molecule has 1 aromatic carbocycles. The van der Waals surface area contributed by atoms with E-state index >= 15 is 0 Å². The summed E-state index contributed by atoms with van der Waals surface area (Å²) < 4.78 is 11.3. The van der Waals surface area contributed by atoms with E-state index in [1.54, 1.807) is 6.07 Å². The van der Waals surface area contributed by atoms with Gasteiger partial charge in [0, 0.05) is 4.47 Å². The van der Waals surface area contributed by atoms with Crippen LogP contribution < -0.4 is 10.5 Å². The van der Waals surface area contributed by atoms with Gasteiger partial charge >= 0.3 is 6.08 Å². The molecule has 0 aliphatic heterocycles. The fourth-order valence-electron chi connectivity index (χ4n) is 1.19. The van der Waals surface area contributed by atoms with E-state index in [2.05, 4.69) is 20.9 Å². The van der Waals surface area contributed by atoms with Crippen LogP contribution in [0.1, 0.15) is 6.92 Å². The number of oxazole rings is 1. The second-order valence-electron chi connectivity index (χ2n) is 2.76. The lowest BCUT2D eigenvalue weighted by atomic mass is 10.3. The van der Waals surface area contributed by atoms with Crippen LogP contribution in [0.15, 0.2) is 21.0 Å². The molecule has 5 heteroatoms. The number of fused-ring (bicyclic) bond motifs is 1. The van der Waals surface area contributed by atoms with Gasteiger partial charge in [0.15, 0.2) is 5.58 Å². The summed E-state index contributed by atoms with van der Waals surface area (Å²) in [5.74, 6) is 0. The SMILES string of the molecule is CCOc1nc2cc(Br)cc(N)c2o1. The fraction of sp³-hybridized carbons (Fsp3) is 0.222. The molecule has 2 N–H and O–H groups in total. The van der Waals surface area contributed by atoms with Gasteiger partial charge in [-0.05, 0) is 19.1 Å². The number of benzene rings is 1. The Bertz CT molecular complexity index is 467. The van der Waals surface area contributed by atoms with Gasteiger partial charge in [-0.2, -0.15) is 4.98 Å². The quantitative estimate of drug-likeness (QED) is 0.840. The number of rotatable bonds is 2. The summed E-state index contributed by atoms with van der Waals surface area (Å²) in [4.78, 5) is 4.13. The van der Waals surface area contributed by atoms with Gasteiger partial charge in [-0.3, -0.25) is 0 Å². The van der Waals surface area contributed by atoms with Crippen LogP contribution >= 0.6 is 15.9 Å². The van der Waals surface area contributed by atoms with E-state index in [1.807, 2.05) is 13.0 Å². The number of aromatic nitrogens is 1. The second kappa shape index (κ2) is 3.49. The minimum atomic E-state index is 0.257. The van der Waals surface area contributed by atoms with Crippen molar-refractivity contribution in [2.75, 3.05) is 12.3 Å². The van der Waals surface area contributed by atoms with Crippen molar-refractivity contribution in [2.45, 2.75) is 6.92 Å². The molecule has 0 bridgehead atoms. The van der Waals surface area contributed by atoms with Crippen molar-refractivity contribution in [3.63, 3.8) is 0 Å². The zero-order valence-electron chi connectivity index (χ0n) is 7.58. The highest BCUT2D eigenvalue weighted by atomic mass is 79.9. The van der Waals surface area contributed by atoms with E-state index in [0.29, 0.717) is 23.4 Å². The molecule has 0 atom stereocenters. The van der Waals surface area contributed by atoms with Crippen LogP contribution in [-0.2, 0) is 0 Å². The maximum absolute atomic E-state index is 5.75. The molecule has 2 rings (SSSR count). The molecular formula is C9H9BrN2O2. The topological polar surface area (TPSA) is 61.3 Å². The smallest absolute Gasteiger partial charge is 0.394 e. The molecule has 0 unspecified atom stereocenters. The molecule has 0 amide bonds. The Kier molecular flexibility index (Phi) is 2.33. The van der Waals surface area contributed by atoms with Crippen molar-refractivity contribution >= 4 is 32.7 Å². The Hall–Kier alpha value is -1.23. The predicted octanol–water partition coefficient (Wildman–Crippen LogP) is 2.57. The number of hydrogen-bond acceptors (Lipinski definition) is 4. The Morgan fingerprint density at radius 3 is 3.07 bits per heavy atom. The molecule has 0 aliphatic rings. The molecule has 0 spiro atoms. The minimum Gasteiger partial charge on any atom is -0.450 e. The summed E-state index contributed by atoms with van der Waals surface area (Å²) in [6.07, 6.45) is 0.257. The zero-order valence-corrected chi connectivity index (χ0v) is 9.17. The number of nitrogen functional groups attached to an aromatic ring is 1. The summed E-state index contributed by atoms with van der Waals surface area (Å²) in [6.45, 7) is 2.39. The highest BCUT2D eigenvalue weighted by Gasteiger charge is 2.09. The van der Waals surface area contributed by atoms with Crippen molar-refractivity contribution < 1.29 is 9.15 Å². The van der Waals surface area contributed by atoms with Gasteiger partial charge in [0.1, 0.15) is 5.52 Å². The molecule has 14 heavy (non-hydrogen) atoms. The Morgan fingerprint density at radius 2 is 2.36 bits per heavy atom. The summed E-state index contributed by atoms with van der Waals surface area (Å²) >= 11 is 3.33. The number of nitrogens with zero attached hydrogens (tertiary/aromatic N) is 1. The van der Waals surface area contributed by atoms with Crippen molar-refractivity contribution in [1.29, 1.82) is 0 Å². The van der Waals surface area contributed by atoms with Crippen LogP contribution in [-0.4, -0.2) is 11.6 Å². The van der Waals surface area contributed by atoms with Gasteiger partial charge in [-0.15, -0.1) is 0 Å². The van der Waals surface area contributed by atoms with Gasteiger partial charge in [-0.25, -0.2) is 0 Å². The third-order valence-corrected chi connectivity index (χ3v) is 2.19. The first-order chi connectivity index (χ1) is 6.70. The second-order valence-corrected chi connectivity index (χ2v) is 3.67. The Morgan fingerprint density at radius 1 is 1.57 bits per heavy atom. The number of hydrogen-bond donors (Lipinski definition) is 1. The normalized spacial score (nSPS) is 10.7. The van der Waals surface area contributed by atoms with E-state index < -0.39 is 0 Å². The lowest BCUT2D eigenvalue weighted by Crippen LogP contribution is -1.89. The average Bonchev–Trinajstić information content (AvgIpc) is 2.48. The molecule has 0 saturated carbocycles. The van der Waals surface area contributed by atoms with E-state index in [1.165, 1.54) is 0 Å². The van der Waals surface area contributed by atoms with E-state index in [4.69, 9.17) is 14.9 Å². The van der Waals surface area contributed by atoms with Gasteiger partial charge in [0.2, 0.25) is 0 Å². The van der Waals surface area contributed by atoms with E-state index in [-0.39, 0.29) is 6.08 Å². The van der Waals surface area contributed by atoms with Crippen molar-refractivity contribution in [3.8, 4) is 6.08 Å². The largest absolute Gasteiger partial charge is 0.450 e. The number of halogens is 1. The molecule has 2 aromatic rings. The lowest BCUT2D eigenvalue weighted by molar-refractivity contribution is 0.251. The minimum absolute atomic E-state index is 0.257. The molecule has 0 saturated heterocycles. The van der Waals surface area contributed by atoms with Crippen LogP contribution in [0, 0.1) is 0 Å². The summed E-state index contributed by atoms with van der Waals surface area (Å²) in [5.41, 5.74) is 7.56. The van der Waals surface area contributed by atoms with Crippen LogP contribution in [0.2, 0.25) is 0 Å². The first kappa shape index (κ1) is 9.33. The molecule has 1 aromatic heterocycles. The van der Waals surface area contributed by atoms with E-state index in [9.17, 15) is 0 Å². The molecule has 0 fully saturated rings. The maximum atomic E-state index is 5.75. The van der Waals surface area contributed by atoms with Crippen LogP contribution in [0.3, 0.4) is 0 Å². The van der Waals surface area contributed by atoms with E-state index in [0.717, 1.165) is 4.47 Å².